The number of hydrazine groups is 1. The first-order valence-corrected chi connectivity index (χ1v) is 10.5. The van der Waals surface area contributed by atoms with Crippen LogP contribution in [0.5, 0.6) is 0 Å². The highest BCUT2D eigenvalue weighted by atomic mass is 16.6. The van der Waals surface area contributed by atoms with Crippen LogP contribution >= 0.6 is 0 Å². The zero-order chi connectivity index (χ0) is 22.2. The molecular weight excluding hydrogens is 374 g/mol. The zero-order valence-corrected chi connectivity index (χ0v) is 19.0. The van der Waals surface area contributed by atoms with Crippen LogP contribution in [-0.2, 0) is 23.9 Å². The minimum Gasteiger partial charge on any atom is -0.460 e. The van der Waals surface area contributed by atoms with E-state index in [9.17, 15) is 14.4 Å². The first-order valence-electron chi connectivity index (χ1n) is 10.5. The molecule has 8 nitrogen and oxygen atoms in total. The predicted octanol–water partition coefficient (Wildman–Crippen LogP) is 2.03. The van der Waals surface area contributed by atoms with E-state index in [1.54, 1.807) is 19.0 Å². The number of hydrogen-bond donors (Lipinski definition) is 2. The summed E-state index contributed by atoms with van der Waals surface area (Å²) in [6, 6.07) is -0.558. The summed E-state index contributed by atoms with van der Waals surface area (Å²) in [5.41, 5.74) is 2.62. The fourth-order valence-electron chi connectivity index (χ4n) is 3.39. The van der Waals surface area contributed by atoms with Crippen LogP contribution in [0.25, 0.3) is 0 Å². The summed E-state index contributed by atoms with van der Waals surface area (Å²) in [6.07, 6.45) is 2.38. The Labute approximate surface area is 175 Å². The van der Waals surface area contributed by atoms with Crippen LogP contribution in [0.15, 0.2) is 0 Å². The van der Waals surface area contributed by atoms with Crippen LogP contribution in [-0.4, -0.2) is 60.7 Å². The van der Waals surface area contributed by atoms with Gasteiger partial charge in [0.25, 0.3) is 5.91 Å². The SMILES string of the molecule is COCC1CCCN(C(=O)C(C)NC(=O)C(CCC(=O)OC(C)(C)C)C(C)C)N1. The molecular formula is C21H39N3O5. The second-order valence-corrected chi connectivity index (χ2v) is 9.12. The van der Waals surface area contributed by atoms with Gasteiger partial charge in [0, 0.05) is 32.0 Å². The van der Waals surface area contributed by atoms with Crippen molar-refractivity contribution >= 4 is 17.8 Å². The number of methoxy groups -OCH3 is 1. The number of rotatable bonds is 9. The van der Waals surface area contributed by atoms with Gasteiger partial charge in [0.05, 0.1) is 6.61 Å². The fourth-order valence-corrected chi connectivity index (χ4v) is 3.39. The number of carbonyl (C=O) groups excluding carboxylic acids is 3. The monoisotopic (exact) mass is 413 g/mol. The van der Waals surface area contributed by atoms with Gasteiger partial charge >= 0.3 is 5.97 Å². The largest absolute Gasteiger partial charge is 0.460 e. The maximum absolute atomic E-state index is 12.8. The van der Waals surface area contributed by atoms with Gasteiger partial charge in [-0.3, -0.25) is 19.4 Å². The lowest BCUT2D eigenvalue weighted by Gasteiger charge is -2.35. The molecule has 1 aliphatic heterocycles. The van der Waals surface area contributed by atoms with Crippen molar-refractivity contribution in [2.24, 2.45) is 11.8 Å². The quantitative estimate of drug-likeness (QED) is 0.562. The number of carbonyl (C=O) groups is 3. The van der Waals surface area contributed by atoms with E-state index in [0.29, 0.717) is 19.6 Å². The summed E-state index contributed by atoms with van der Waals surface area (Å²) in [4.78, 5) is 37.5. The van der Waals surface area contributed by atoms with Gasteiger partial charge in [-0.25, -0.2) is 5.43 Å². The molecule has 0 aromatic heterocycles. The van der Waals surface area contributed by atoms with Crippen molar-refractivity contribution in [2.75, 3.05) is 20.3 Å². The van der Waals surface area contributed by atoms with Crippen LogP contribution in [0, 0.1) is 11.8 Å². The molecule has 8 heteroatoms. The van der Waals surface area contributed by atoms with Gasteiger partial charge in [0.1, 0.15) is 11.6 Å². The van der Waals surface area contributed by atoms with Gasteiger partial charge in [0.2, 0.25) is 5.91 Å². The zero-order valence-electron chi connectivity index (χ0n) is 19.0. The highest BCUT2D eigenvalue weighted by Gasteiger charge is 2.30. The van der Waals surface area contributed by atoms with Gasteiger partial charge in [-0.05, 0) is 52.9 Å². The van der Waals surface area contributed by atoms with E-state index >= 15 is 0 Å². The van der Waals surface area contributed by atoms with Gasteiger partial charge in [-0.15, -0.1) is 0 Å². The smallest absolute Gasteiger partial charge is 0.306 e. The van der Waals surface area contributed by atoms with Gasteiger partial charge < -0.3 is 14.8 Å². The van der Waals surface area contributed by atoms with E-state index in [1.807, 2.05) is 34.6 Å². The molecule has 1 fully saturated rings. The molecule has 1 rings (SSSR count). The summed E-state index contributed by atoms with van der Waals surface area (Å²) >= 11 is 0. The van der Waals surface area contributed by atoms with Crippen LogP contribution in [0.1, 0.15) is 67.2 Å². The van der Waals surface area contributed by atoms with Gasteiger partial charge in [-0.2, -0.15) is 0 Å². The van der Waals surface area contributed by atoms with E-state index in [-0.39, 0.29) is 42.1 Å². The third-order valence-electron chi connectivity index (χ3n) is 4.86. The molecule has 3 atom stereocenters. The summed E-state index contributed by atoms with van der Waals surface area (Å²) in [5, 5.41) is 4.40. The first-order chi connectivity index (χ1) is 13.4. The number of amides is 2. The van der Waals surface area contributed by atoms with Crippen LogP contribution in [0.3, 0.4) is 0 Å². The van der Waals surface area contributed by atoms with Crippen molar-refractivity contribution in [1.82, 2.24) is 15.8 Å². The fraction of sp³-hybridized carbons (Fsp3) is 0.857. The van der Waals surface area contributed by atoms with Crippen molar-refractivity contribution in [3.05, 3.63) is 0 Å². The number of nitrogens with one attached hydrogen (secondary N) is 2. The van der Waals surface area contributed by atoms with Crippen molar-refractivity contribution in [3.8, 4) is 0 Å². The molecule has 3 unspecified atom stereocenters. The number of nitrogens with zero attached hydrogens (tertiary/aromatic N) is 1. The van der Waals surface area contributed by atoms with Crippen molar-refractivity contribution < 1.29 is 23.9 Å². The molecule has 29 heavy (non-hydrogen) atoms. The predicted molar refractivity (Wildman–Crippen MR) is 111 cm³/mol. The van der Waals surface area contributed by atoms with Crippen molar-refractivity contribution in [1.29, 1.82) is 0 Å². The molecule has 2 N–H and O–H groups in total. The first kappa shape index (κ1) is 25.4. The molecule has 0 aliphatic carbocycles. The Bertz CT molecular complexity index is 557. The second-order valence-electron chi connectivity index (χ2n) is 9.12. The summed E-state index contributed by atoms with van der Waals surface area (Å²) < 4.78 is 10.5. The molecule has 0 aromatic rings. The van der Waals surface area contributed by atoms with Gasteiger partial charge in [-0.1, -0.05) is 13.8 Å². The lowest BCUT2D eigenvalue weighted by Crippen LogP contribution is -2.58. The van der Waals surface area contributed by atoms with Crippen LogP contribution in [0.4, 0.5) is 0 Å². The number of hydrogen-bond acceptors (Lipinski definition) is 6. The standard InChI is InChI=1S/C21H39N3O5/c1-14(2)17(10-11-18(25)29-21(4,5)6)19(26)22-15(3)20(27)24-12-8-9-16(23-24)13-28-7/h14-17,23H,8-13H2,1-7H3,(H,22,26). The Kier molecular flexibility index (Phi) is 10.1. The topological polar surface area (TPSA) is 97.0 Å². The summed E-state index contributed by atoms with van der Waals surface area (Å²) in [6.45, 7) is 12.1. The van der Waals surface area contributed by atoms with Crippen LogP contribution < -0.4 is 10.7 Å². The highest BCUT2D eigenvalue weighted by molar-refractivity contribution is 5.88. The molecule has 0 aromatic carbocycles. The summed E-state index contributed by atoms with van der Waals surface area (Å²) in [7, 11) is 1.63. The van der Waals surface area contributed by atoms with Gasteiger partial charge in [0.15, 0.2) is 0 Å². The van der Waals surface area contributed by atoms with E-state index in [2.05, 4.69) is 10.7 Å². The summed E-state index contributed by atoms with van der Waals surface area (Å²) in [5.74, 6) is -1.03. The lowest BCUT2D eigenvalue weighted by atomic mass is 9.90. The number of ether oxygens (including phenoxy) is 2. The van der Waals surface area contributed by atoms with E-state index < -0.39 is 11.6 Å². The lowest BCUT2D eigenvalue weighted by molar-refractivity contribution is -0.155. The van der Waals surface area contributed by atoms with E-state index in [4.69, 9.17) is 9.47 Å². The Hall–Kier alpha value is -1.67. The molecule has 0 radical (unpaired) electrons. The molecule has 0 bridgehead atoms. The maximum atomic E-state index is 12.8. The Morgan fingerprint density at radius 1 is 1.21 bits per heavy atom. The highest BCUT2D eigenvalue weighted by Crippen LogP contribution is 2.20. The molecule has 1 heterocycles. The number of esters is 1. The molecule has 0 saturated carbocycles. The maximum Gasteiger partial charge on any atom is 0.306 e. The molecule has 1 aliphatic rings. The van der Waals surface area contributed by atoms with Crippen LogP contribution in [0.2, 0.25) is 0 Å². The Balaban J connectivity index is 2.60. The second kappa shape index (κ2) is 11.5. The van der Waals surface area contributed by atoms with E-state index in [1.165, 1.54) is 0 Å². The third-order valence-corrected chi connectivity index (χ3v) is 4.86. The normalized spacial score (nSPS) is 19.6. The average Bonchev–Trinajstić information content (AvgIpc) is 2.59. The van der Waals surface area contributed by atoms with Crippen molar-refractivity contribution in [3.63, 3.8) is 0 Å². The minimum absolute atomic E-state index is 0.0407. The minimum atomic E-state index is -0.654. The Morgan fingerprint density at radius 2 is 1.86 bits per heavy atom. The van der Waals surface area contributed by atoms with Crippen molar-refractivity contribution in [2.45, 2.75) is 84.9 Å². The Morgan fingerprint density at radius 3 is 2.41 bits per heavy atom. The molecule has 2 amide bonds. The average molecular weight is 414 g/mol. The molecule has 1 saturated heterocycles. The molecule has 0 spiro atoms. The van der Waals surface area contributed by atoms with E-state index in [0.717, 1.165) is 12.8 Å². The molecule has 168 valence electrons. The third kappa shape index (κ3) is 9.12.